The number of carbonyl (C=O) groups is 1. The maximum absolute atomic E-state index is 13.9. The van der Waals surface area contributed by atoms with E-state index in [9.17, 15) is 14.0 Å². The summed E-state index contributed by atoms with van der Waals surface area (Å²) in [4.78, 5) is 30.8. The van der Waals surface area contributed by atoms with E-state index in [1.54, 1.807) is 4.90 Å². The van der Waals surface area contributed by atoms with Crippen LogP contribution in [0.2, 0.25) is 0 Å². The molecule has 1 aromatic heterocycles. The standard InChI is InChI=1S/C25H25FN2O4/c1-2-16-3-5-17(6-4-16)22-21-23(29)19-15-18(26)7-8-20(19)32-24(21)25(30)28(22)10-9-27-11-13-31-14-12-27/h3-8,15,22H,2,9-14H2,1H3. The first kappa shape index (κ1) is 20.8. The van der Waals surface area contributed by atoms with Crippen molar-refractivity contribution >= 4 is 16.9 Å². The third kappa shape index (κ3) is 3.61. The van der Waals surface area contributed by atoms with E-state index >= 15 is 0 Å². The van der Waals surface area contributed by atoms with Crippen molar-refractivity contribution in [3.05, 3.63) is 81.0 Å². The highest BCUT2D eigenvalue weighted by Crippen LogP contribution is 2.38. The van der Waals surface area contributed by atoms with E-state index in [0.29, 0.717) is 31.9 Å². The third-order valence-corrected chi connectivity index (χ3v) is 6.39. The van der Waals surface area contributed by atoms with Crippen LogP contribution in [0.1, 0.15) is 40.2 Å². The first-order valence-electron chi connectivity index (χ1n) is 11.0. The Labute approximate surface area is 185 Å². The van der Waals surface area contributed by atoms with Crippen LogP contribution in [0.5, 0.6) is 0 Å². The minimum atomic E-state index is -0.562. The molecule has 2 aliphatic rings. The number of aryl methyl sites for hydroxylation is 1. The minimum absolute atomic E-state index is 0.0562. The van der Waals surface area contributed by atoms with Gasteiger partial charge in [-0.3, -0.25) is 14.5 Å². The zero-order valence-electron chi connectivity index (χ0n) is 18.0. The van der Waals surface area contributed by atoms with Gasteiger partial charge < -0.3 is 14.1 Å². The molecule has 0 aliphatic carbocycles. The summed E-state index contributed by atoms with van der Waals surface area (Å²) < 4.78 is 25.2. The molecule has 3 heterocycles. The molecule has 0 N–H and O–H groups in total. The number of halogens is 1. The van der Waals surface area contributed by atoms with Gasteiger partial charge in [-0.2, -0.15) is 0 Å². The van der Waals surface area contributed by atoms with E-state index in [1.165, 1.54) is 23.8 Å². The summed E-state index contributed by atoms with van der Waals surface area (Å²) in [5.74, 6) is -0.760. The highest BCUT2D eigenvalue weighted by molar-refractivity contribution is 5.99. The average molecular weight is 436 g/mol. The summed E-state index contributed by atoms with van der Waals surface area (Å²) in [6, 6.07) is 11.2. The number of morpholine rings is 1. The molecule has 1 atom stereocenters. The zero-order chi connectivity index (χ0) is 22.2. The molecule has 2 aliphatic heterocycles. The molecule has 5 rings (SSSR count). The van der Waals surface area contributed by atoms with E-state index in [0.717, 1.165) is 25.1 Å². The van der Waals surface area contributed by atoms with Crippen LogP contribution in [-0.4, -0.2) is 55.1 Å². The monoisotopic (exact) mass is 436 g/mol. The lowest BCUT2D eigenvalue weighted by molar-refractivity contribution is 0.0314. The van der Waals surface area contributed by atoms with Gasteiger partial charge >= 0.3 is 0 Å². The van der Waals surface area contributed by atoms with Crippen LogP contribution in [0.25, 0.3) is 11.0 Å². The zero-order valence-corrected chi connectivity index (χ0v) is 18.0. The molecule has 0 radical (unpaired) electrons. The second-order valence-electron chi connectivity index (χ2n) is 8.26. The van der Waals surface area contributed by atoms with Crippen molar-refractivity contribution in [3.8, 4) is 0 Å². The van der Waals surface area contributed by atoms with Gasteiger partial charge in [0, 0.05) is 26.2 Å². The Bertz CT molecular complexity index is 1220. The Morgan fingerprint density at radius 2 is 1.78 bits per heavy atom. The molecule has 7 heteroatoms. The van der Waals surface area contributed by atoms with Crippen molar-refractivity contribution in [2.75, 3.05) is 39.4 Å². The molecule has 166 valence electrons. The molecular weight excluding hydrogens is 411 g/mol. The molecule has 1 unspecified atom stereocenters. The fourth-order valence-corrected chi connectivity index (χ4v) is 4.58. The number of fused-ring (bicyclic) bond motifs is 2. The predicted octanol–water partition coefficient (Wildman–Crippen LogP) is 3.37. The van der Waals surface area contributed by atoms with Crippen LogP contribution in [0.15, 0.2) is 51.7 Å². The highest BCUT2D eigenvalue weighted by atomic mass is 19.1. The molecule has 0 bridgehead atoms. The maximum atomic E-state index is 13.9. The topological polar surface area (TPSA) is 63.0 Å². The van der Waals surface area contributed by atoms with Crippen LogP contribution in [0, 0.1) is 5.82 Å². The van der Waals surface area contributed by atoms with Crippen molar-refractivity contribution in [2.45, 2.75) is 19.4 Å². The van der Waals surface area contributed by atoms with Gasteiger partial charge in [0.2, 0.25) is 5.76 Å². The molecule has 1 saturated heterocycles. The summed E-state index contributed by atoms with van der Waals surface area (Å²) in [6.07, 6.45) is 0.896. The number of carbonyl (C=O) groups excluding carboxylic acids is 1. The summed E-state index contributed by atoms with van der Waals surface area (Å²) in [5, 5.41) is 0.154. The fourth-order valence-electron chi connectivity index (χ4n) is 4.58. The minimum Gasteiger partial charge on any atom is -0.450 e. The number of amides is 1. The van der Waals surface area contributed by atoms with Crippen molar-refractivity contribution in [3.63, 3.8) is 0 Å². The van der Waals surface area contributed by atoms with Gasteiger partial charge in [-0.1, -0.05) is 31.2 Å². The van der Waals surface area contributed by atoms with E-state index in [-0.39, 0.29) is 28.1 Å². The Kier molecular flexibility index (Phi) is 5.53. The maximum Gasteiger partial charge on any atom is 0.290 e. The number of rotatable bonds is 5. The highest BCUT2D eigenvalue weighted by Gasteiger charge is 2.42. The Balaban J connectivity index is 1.60. The molecule has 1 amide bonds. The molecule has 2 aromatic carbocycles. The summed E-state index contributed by atoms with van der Waals surface area (Å²) >= 11 is 0. The smallest absolute Gasteiger partial charge is 0.290 e. The van der Waals surface area contributed by atoms with Crippen LogP contribution >= 0.6 is 0 Å². The van der Waals surface area contributed by atoms with Gasteiger partial charge in [0.1, 0.15) is 11.4 Å². The van der Waals surface area contributed by atoms with Crippen molar-refractivity contribution in [1.82, 2.24) is 9.80 Å². The number of benzene rings is 2. The predicted molar refractivity (Wildman–Crippen MR) is 118 cm³/mol. The normalized spacial score (nSPS) is 19.0. The van der Waals surface area contributed by atoms with Crippen molar-refractivity contribution in [1.29, 1.82) is 0 Å². The summed E-state index contributed by atoms with van der Waals surface area (Å²) in [5.41, 5.74) is 2.18. The van der Waals surface area contributed by atoms with E-state index in [4.69, 9.17) is 9.15 Å². The molecule has 0 saturated carbocycles. The lowest BCUT2D eigenvalue weighted by Gasteiger charge is -2.31. The van der Waals surface area contributed by atoms with Crippen LogP contribution < -0.4 is 5.43 Å². The Hall–Kier alpha value is -3.03. The lowest BCUT2D eigenvalue weighted by Crippen LogP contribution is -2.42. The summed E-state index contributed by atoms with van der Waals surface area (Å²) in [6.45, 7) is 6.17. The van der Waals surface area contributed by atoms with Gasteiger partial charge in [-0.15, -0.1) is 0 Å². The largest absolute Gasteiger partial charge is 0.450 e. The third-order valence-electron chi connectivity index (χ3n) is 6.39. The van der Waals surface area contributed by atoms with E-state index in [2.05, 4.69) is 11.8 Å². The molecule has 3 aromatic rings. The molecule has 1 fully saturated rings. The van der Waals surface area contributed by atoms with Gasteiger partial charge in [-0.25, -0.2) is 4.39 Å². The lowest BCUT2D eigenvalue weighted by atomic mass is 9.97. The van der Waals surface area contributed by atoms with Gasteiger partial charge in [-0.05, 0) is 35.7 Å². The first-order chi connectivity index (χ1) is 15.6. The van der Waals surface area contributed by atoms with Gasteiger partial charge in [0.05, 0.1) is 30.2 Å². The molecular formula is C25H25FN2O4. The van der Waals surface area contributed by atoms with Crippen LogP contribution in [0.3, 0.4) is 0 Å². The first-order valence-corrected chi connectivity index (χ1v) is 11.0. The van der Waals surface area contributed by atoms with Gasteiger partial charge in [0.15, 0.2) is 5.43 Å². The second-order valence-corrected chi connectivity index (χ2v) is 8.26. The van der Waals surface area contributed by atoms with Crippen molar-refractivity contribution < 1.29 is 18.3 Å². The Morgan fingerprint density at radius 3 is 2.50 bits per heavy atom. The SMILES string of the molecule is CCc1ccc(C2c3c(oc4ccc(F)cc4c3=O)C(=O)N2CCN2CCOCC2)cc1. The average Bonchev–Trinajstić information content (AvgIpc) is 3.10. The summed E-state index contributed by atoms with van der Waals surface area (Å²) in [7, 11) is 0. The van der Waals surface area contributed by atoms with E-state index in [1.807, 2.05) is 24.3 Å². The molecule has 6 nitrogen and oxygen atoms in total. The second kappa shape index (κ2) is 8.48. The van der Waals surface area contributed by atoms with Crippen molar-refractivity contribution in [2.24, 2.45) is 0 Å². The fraction of sp³-hybridized carbons (Fsp3) is 0.360. The van der Waals surface area contributed by atoms with Crippen LogP contribution in [-0.2, 0) is 11.2 Å². The van der Waals surface area contributed by atoms with Gasteiger partial charge in [0.25, 0.3) is 5.91 Å². The Morgan fingerprint density at radius 1 is 1.03 bits per heavy atom. The van der Waals surface area contributed by atoms with Crippen LogP contribution in [0.4, 0.5) is 4.39 Å². The molecule has 0 spiro atoms. The molecule has 32 heavy (non-hydrogen) atoms. The number of hydrogen-bond donors (Lipinski definition) is 0. The van der Waals surface area contributed by atoms with E-state index < -0.39 is 11.9 Å². The number of ether oxygens (including phenoxy) is 1. The number of hydrogen-bond acceptors (Lipinski definition) is 5. The quantitative estimate of drug-likeness (QED) is 0.614. The number of nitrogens with zero attached hydrogens (tertiary/aromatic N) is 2.